The van der Waals surface area contributed by atoms with Gasteiger partial charge in [-0.05, 0) is 64.2 Å². The Bertz CT molecular complexity index is 895. The highest BCUT2D eigenvalue weighted by molar-refractivity contribution is 5.69. The van der Waals surface area contributed by atoms with E-state index in [0.717, 1.165) is 32.1 Å². The molecule has 0 spiro atoms. The predicted octanol–water partition coefficient (Wildman–Crippen LogP) is 10.2. The van der Waals surface area contributed by atoms with Gasteiger partial charge in [0.2, 0.25) is 0 Å². The molecule has 1 rings (SSSR count). The van der Waals surface area contributed by atoms with Gasteiger partial charge in [0.15, 0.2) is 6.29 Å². The minimum absolute atomic E-state index is 0.115. The van der Waals surface area contributed by atoms with Crippen LogP contribution in [0.25, 0.3) is 0 Å². The van der Waals surface area contributed by atoms with E-state index in [1.165, 1.54) is 148 Å². The maximum atomic E-state index is 12.8. The Hall–Kier alpha value is -1.33. The fourth-order valence-corrected chi connectivity index (χ4v) is 6.95. The highest BCUT2D eigenvalue weighted by atomic mass is 16.7. The van der Waals surface area contributed by atoms with Crippen molar-refractivity contribution in [3.8, 4) is 0 Å². The number of ether oxygens (including phenoxy) is 4. The van der Waals surface area contributed by atoms with Crippen molar-refractivity contribution in [3.05, 3.63) is 24.3 Å². The second-order valence-electron chi connectivity index (χ2n) is 15.8. The average Bonchev–Trinajstić information content (AvgIpc) is 3.18. The second-order valence-corrected chi connectivity index (χ2v) is 15.8. The van der Waals surface area contributed by atoms with Gasteiger partial charge in [-0.15, -0.1) is 0 Å². The van der Waals surface area contributed by atoms with Gasteiger partial charge in [-0.1, -0.05) is 154 Å². The standard InChI is InChI=1S/C46H86O9/c1-3-5-7-9-11-13-15-17-19-20-21-22-23-25-27-29-31-33-35-42(48)54-40(39-53-46-45(51)44(50)43(49)41(37-47)55-46)38-52-36-34-32-30-28-26-24-18-16-14-12-10-8-6-4-2/h14,16,19-20,40-41,43-47,49-51H,3-13,15,17-18,21-39H2,1-2H3/b16-14-,20-19-. The van der Waals surface area contributed by atoms with Gasteiger partial charge in [-0.25, -0.2) is 0 Å². The van der Waals surface area contributed by atoms with E-state index in [1.807, 2.05) is 0 Å². The van der Waals surface area contributed by atoms with E-state index < -0.39 is 43.4 Å². The van der Waals surface area contributed by atoms with Gasteiger partial charge in [0.05, 0.1) is 19.8 Å². The van der Waals surface area contributed by atoms with Crippen molar-refractivity contribution in [2.45, 2.75) is 237 Å². The van der Waals surface area contributed by atoms with Crippen LogP contribution in [-0.2, 0) is 23.7 Å². The first-order chi connectivity index (χ1) is 26.9. The molecule has 6 atom stereocenters. The van der Waals surface area contributed by atoms with Gasteiger partial charge >= 0.3 is 5.97 Å². The molecule has 6 unspecified atom stereocenters. The Morgan fingerprint density at radius 2 is 1.00 bits per heavy atom. The molecule has 9 heteroatoms. The summed E-state index contributed by atoms with van der Waals surface area (Å²) in [6, 6.07) is 0. The van der Waals surface area contributed by atoms with Gasteiger partial charge in [-0.3, -0.25) is 4.79 Å². The molecule has 0 bridgehead atoms. The number of carbonyl (C=O) groups is 1. The number of allylic oxidation sites excluding steroid dienone is 4. The monoisotopic (exact) mass is 783 g/mol. The van der Waals surface area contributed by atoms with E-state index in [4.69, 9.17) is 18.9 Å². The summed E-state index contributed by atoms with van der Waals surface area (Å²) in [6.07, 6.45) is 36.3. The zero-order chi connectivity index (χ0) is 40.0. The first kappa shape index (κ1) is 51.7. The number of hydrogen-bond donors (Lipinski definition) is 4. The van der Waals surface area contributed by atoms with Crippen LogP contribution < -0.4 is 0 Å². The lowest BCUT2D eigenvalue weighted by Crippen LogP contribution is -2.59. The summed E-state index contributed by atoms with van der Waals surface area (Å²) in [4.78, 5) is 12.8. The zero-order valence-electron chi connectivity index (χ0n) is 35.4. The molecule has 55 heavy (non-hydrogen) atoms. The van der Waals surface area contributed by atoms with E-state index in [0.29, 0.717) is 13.0 Å². The van der Waals surface area contributed by atoms with Crippen LogP contribution >= 0.6 is 0 Å². The molecule has 1 aliphatic rings. The summed E-state index contributed by atoms with van der Waals surface area (Å²) >= 11 is 0. The number of aliphatic hydroxyl groups is 4. The average molecular weight is 783 g/mol. The molecule has 4 N–H and O–H groups in total. The fraction of sp³-hybridized carbons (Fsp3) is 0.891. The molecule has 0 saturated carbocycles. The Morgan fingerprint density at radius 3 is 1.49 bits per heavy atom. The first-order valence-electron chi connectivity index (χ1n) is 22.9. The molecule has 0 aromatic heterocycles. The third kappa shape index (κ3) is 29.5. The predicted molar refractivity (Wildman–Crippen MR) is 224 cm³/mol. The lowest BCUT2D eigenvalue weighted by Gasteiger charge is -2.39. The van der Waals surface area contributed by atoms with E-state index in [2.05, 4.69) is 38.2 Å². The molecule has 0 radical (unpaired) electrons. The summed E-state index contributed by atoms with van der Waals surface area (Å²) in [5, 5.41) is 40.1. The van der Waals surface area contributed by atoms with Crippen molar-refractivity contribution in [1.29, 1.82) is 0 Å². The molecule has 0 amide bonds. The van der Waals surface area contributed by atoms with Gasteiger partial charge in [0, 0.05) is 13.0 Å². The first-order valence-corrected chi connectivity index (χ1v) is 22.9. The van der Waals surface area contributed by atoms with Crippen LogP contribution in [0.3, 0.4) is 0 Å². The summed E-state index contributed by atoms with van der Waals surface area (Å²) in [5.74, 6) is -0.319. The van der Waals surface area contributed by atoms with Crippen LogP contribution in [0, 0.1) is 0 Å². The Kier molecular flexibility index (Phi) is 35.9. The van der Waals surface area contributed by atoms with Crippen molar-refractivity contribution in [1.82, 2.24) is 0 Å². The maximum absolute atomic E-state index is 12.8. The second kappa shape index (κ2) is 38.2. The van der Waals surface area contributed by atoms with Crippen LogP contribution in [0.15, 0.2) is 24.3 Å². The van der Waals surface area contributed by atoms with Crippen molar-refractivity contribution < 1.29 is 44.2 Å². The largest absolute Gasteiger partial charge is 0.457 e. The minimum Gasteiger partial charge on any atom is -0.457 e. The van der Waals surface area contributed by atoms with Crippen molar-refractivity contribution in [3.63, 3.8) is 0 Å². The lowest BCUT2D eigenvalue weighted by molar-refractivity contribution is -0.305. The molecule has 1 saturated heterocycles. The van der Waals surface area contributed by atoms with Crippen molar-refractivity contribution in [2.24, 2.45) is 0 Å². The number of rotatable bonds is 39. The third-order valence-electron chi connectivity index (χ3n) is 10.6. The Balaban J connectivity index is 2.26. The molecule has 0 aliphatic carbocycles. The molecule has 1 aliphatic heterocycles. The van der Waals surface area contributed by atoms with Crippen molar-refractivity contribution in [2.75, 3.05) is 26.4 Å². The minimum atomic E-state index is -1.54. The Morgan fingerprint density at radius 1 is 0.564 bits per heavy atom. The van der Waals surface area contributed by atoms with E-state index in [9.17, 15) is 25.2 Å². The highest BCUT2D eigenvalue weighted by Gasteiger charge is 2.44. The van der Waals surface area contributed by atoms with E-state index in [1.54, 1.807) is 0 Å². The summed E-state index contributed by atoms with van der Waals surface area (Å²) in [7, 11) is 0. The van der Waals surface area contributed by atoms with Crippen LogP contribution in [0.2, 0.25) is 0 Å². The number of unbranched alkanes of at least 4 members (excludes halogenated alkanes) is 24. The Labute approximate surface area is 337 Å². The highest BCUT2D eigenvalue weighted by Crippen LogP contribution is 2.22. The normalized spacial score (nSPS) is 20.9. The van der Waals surface area contributed by atoms with Gasteiger partial charge in [0.1, 0.15) is 30.5 Å². The number of carbonyl (C=O) groups excluding carboxylic acids is 1. The number of aliphatic hydroxyl groups excluding tert-OH is 4. The SMILES string of the molecule is CCCCCC/C=C\CCCCCCCCOCC(COC1OC(CO)C(O)C(O)C1O)OC(=O)CCCCCCCCC/C=C\CCCCCCCCC. The summed E-state index contributed by atoms with van der Waals surface area (Å²) in [6.45, 7) is 4.54. The van der Waals surface area contributed by atoms with E-state index >= 15 is 0 Å². The molecule has 0 aromatic carbocycles. The lowest BCUT2D eigenvalue weighted by atomic mass is 9.99. The molecule has 324 valence electrons. The van der Waals surface area contributed by atoms with E-state index in [-0.39, 0.29) is 19.2 Å². The van der Waals surface area contributed by atoms with Crippen LogP contribution in [0.4, 0.5) is 0 Å². The smallest absolute Gasteiger partial charge is 0.306 e. The molecule has 1 fully saturated rings. The van der Waals surface area contributed by atoms with Gasteiger partial charge in [-0.2, -0.15) is 0 Å². The molecular weight excluding hydrogens is 696 g/mol. The van der Waals surface area contributed by atoms with Crippen LogP contribution in [0.1, 0.15) is 200 Å². The maximum Gasteiger partial charge on any atom is 0.306 e. The summed E-state index contributed by atoms with van der Waals surface area (Å²) in [5.41, 5.74) is 0. The van der Waals surface area contributed by atoms with Gasteiger partial charge in [0.25, 0.3) is 0 Å². The number of esters is 1. The third-order valence-corrected chi connectivity index (χ3v) is 10.6. The molecular formula is C46H86O9. The van der Waals surface area contributed by atoms with Crippen LogP contribution in [0.5, 0.6) is 0 Å². The summed E-state index contributed by atoms with van der Waals surface area (Å²) < 4.78 is 22.8. The van der Waals surface area contributed by atoms with Gasteiger partial charge < -0.3 is 39.4 Å². The molecule has 1 heterocycles. The topological polar surface area (TPSA) is 135 Å². The quantitative estimate of drug-likeness (QED) is 0.0273. The molecule has 0 aromatic rings. The molecule has 9 nitrogen and oxygen atoms in total. The number of hydrogen-bond acceptors (Lipinski definition) is 9. The fourth-order valence-electron chi connectivity index (χ4n) is 6.95. The zero-order valence-corrected chi connectivity index (χ0v) is 35.4. The van der Waals surface area contributed by atoms with Crippen molar-refractivity contribution >= 4 is 5.97 Å². The van der Waals surface area contributed by atoms with Crippen LogP contribution in [-0.4, -0.2) is 89.6 Å².